The number of amides is 1. The van der Waals surface area contributed by atoms with E-state index < -0.39 is 87.8 Å². The second-order valence-corrected chi connectivity index (χ2v) is 31.3. The number of methoxy groups -OCH3 is 1. The molecule has 1 aliphatic rings. The van der Waals surface area contributed by atoms with Crippen molar-refractivity contribution in [3.8, 4) is 5.75 Å². The molecule has 1 fully saturated rings. The zero-order valence-corrected chi connectivity index (χ0v) is 39.7. The average Bonchev–Trinajstić information content (AvgIpc) is 3.51. The Kier molecular flexibility index (Phi) is 16.0. The van der Waals surface area contributed by atoms with E-state index in [0.717, 1.165) is 5.56 Å². The molecule has 1 saturated heterocycles. The molecule has 59 heavy (non-hydrogen) atoms. The minimum absolute atomic E-state index is 0.0221. The Morgan fingerprint density at radius 1 is 0.898 bits per heavy atom. The van der Waals surface area contributed by atoms with Crippen molar-refractivity contribution in [3.05, 3.63) is 62.9 Å². The van der Waals surface area contributed by atoms with Crippen molar-refractivity contribution in [2.45, 2.75) is 165 Å². The number of rotatable bonds is 17. The Bertz CT molecular complexity index is 1890. The van der Waals surface area contributed by atoms with E-state index in [0.29, 0.717) is 12.2 Å². The van der Waals surface area contributed by atoms with Gasteiger partial charge in [-0.15, -0.1) is 0 Å². The number of carboxylic acid groups (broad SMARTS) is 1. The molecule has 1 unspecified atom stereocenters. The van der Waals surface area contributed by atoms with Crippen LogP contribution in [0.1, 0.15) is 86.9 Å². The largest absolute Gasteiger partial charge is 0.497 e. The Morgan fingerprint density at radius 2 is 1.46 bits per heavy atom. The molecule has 17 heteroatoms. The van der Waals surface area contributed by atoms with Crippen LogP contribution in [0.5, 0.6) is 5.75 Å². The van der Waals surface area contributed by atoms with E-state index in [1.165, 1.54) is 21.4 Å². The molecule has 6 N–H and O–H groups in total. The Labute approximate surface area is 351 Å². The number of carbonyl (C=O) groups excluding carboxylic acids is 2. The van der Waals surface area contributed by atoms with Gasteiger partial charge < -0.3 is 40.8 Å². The maximum absolute atomic E-state index is 14.6. The van der Waals surface area contributed by atoms with Crippen molar-refractivity contribution in [1.82, 2.24) is 19.8 Å². The van der Waals surface area contributed by atoms with E-state index in [-0.39, 0.29) is 40.8 Å². The summed E-state index contributed by atoms with van der Waals surface area (Å²) >= 11 is 0. The zero-order chi connectivity index (χ0) is 45.1. The molecule has 3 rings (SSSR count). The summed E-state index contributed by atoms with van der Waals surface area (Å²) < 4.78 is 21.0. The highest BCUT2D eigenvalue weighted by Gasteiger charge is 2.64. The Morgan fingerprint density at radius 3 is 1.97 bits per heavy atom. The predicted octanol–water partition coefficient (Wildman–Crippen LogP) is 4.69. The third kappa shape index (κ3) is 11.8. The van der Waals surface area contributed by atoms with E-state index >= 15 is 0 Å². The number of benzene rings is 1. The summed E-state index contributed by atoms with van der Waals surface area (Å²) in [5.41, 5.74) is 4.01. The molecule has 7 atom stereocenters. The summed E-state index contributed by atoms with van der Waals surface area (Å²) in [7, 11) is -3.55. The van der Waals surface area contributed by atoms with Crippen molar-refractivity contribution in [1.29, 1.82) is 0 Å². The van der Waals surface area contributed by atoms with Gasteiger partial charge in [-0.1, -0.05) is 79.9 Å². The molecule has 0 aliphatic carbocycles. The molecule has 2 aromatic rings. The molecular formula is C42H71N5O10Si2. The van der Waals surface area contributed by atoms with Crippen molar-refractivity contribution in [2.24, 2.45) is 5.73 Å². The summed E-state index contributed by atoms with van der Waals surface area (Å²) in [6.07, 6.45) is -1.96. The first-order valence-corrected chi connectivity index (χ1v) is 26.6. The van der Waals surface area contributed by atoms with Crippen LogP contribution < -0.4 is 32.4 Å². The second kappa shape index (κ2) is 19.0. The molecule has 0 saturated carbocycles. The third-order valence-corrected chi connectivity index (χ3v) is 25.6. The lowest BCUT2D eigenvalue weighted by atomic mass is 10.0. The summed E-state index contributed by atoms with van der Waals surface area (Å²) in [5, 5.41) is 27.1. The first kappa shape index (κ1) is 49.7. The molecule has 1 amide bonds. The van der Waals surface area contributed by atoms with Gasteiger partial charge in [-0.3, -0.25) is 28.3 Å². The van der Waals surface area contributed by atoms with Gasteiger partial charge in [0, 0.05) is 24.3 Å². The molecule has 1 aromatic carbocycles. The number of nitrogens with one attached hydrogen (secondary N) is 2. The molecule has 0 spiro atoms. The van der Waals surface area contributed by atoms with Gasteiger partial charge in [0.05, 0.1) is 48.4 Å². The maximum Gasteiger partial charge on any atom is 0.333 e. The number of carbonyl (C=O) groups is 3. The van der Waals surface area contributed by atoms with Gasteiger partial charge in [-0.05, 0) is 67.1 Å². The van der Waals surface area contributed by atoms with Gasteiger partial charge in [0.25, 0.3) is 5.56 Å². The number of nitrogens with two attached hydrogens (primary N) is 1. The van der Waals surface area contributed by atoms with Gasteiger partial charge in [-0.25, -0.2) is 4.79 Å². The number of esters is 1. The highest BCUT2D eigenvalue weighted by Crippen LogP contribution is 2.65. The van der Waals surface area contributed by atoms with Crippen LogP contribution in [0, 0.1) is 0 Å². The highest BCUT2D eigenvalue weighted by molar-refractivity contribution is 6.87. The average molecular weight is 862 g/mol. The van der Waals surface area contributed by atoms with Gasteiger partial charge in [-0.2, -0.15) is 0 Å². The molecule has 1 aliphatic heterocycles. The lowest BCUT2D eigenvalue weighted by molar-refractivity contribution is -0.164. The summed E-state index contributed by atoms with van der Waals surface area (Å²) in [5.74, 6) is -1.84. The maximum atomic E-state index is 14.6. The highest BCUT2D eigenvalue weighted by atomic mass is 28.3. The molecule has 332 valence electrons. The lowest BCUT2D eigenvalue weighted by Crippen LogP contribution is -2.59. The molecule has 0 radical (unpaired) electrons. The number of nitrogens with zero attached hydrogens (tertiary/aromatic N) is 2. The molecule has 15 nitrogen and oxygen atoms in total. The van der Waals surface area contributed by atoms with Crippen LogP contribution in [0.15, 0.2) is 46.1 Å². The van der Waals surface area contributed by atoms with Crippen LogP contribution in [0.25, 0.3) is 0 Å². The van der Waals surface area contributed by atoms with Crippen molar-refractivity contribution < 1.29 is 38.8 Å². The SMILES string of the molecule is COc1ccc(Cn2c(=O)ccn([C@@H]3OC([C@H](O)[C@H](NCCCNC(=O)[C@@H](N)CC(=O)O)C(=O)OC(C)(C)C)[C@@H]([Si](C)(C)C(C)(C)C)[C@H]3[Si](C)(C)C(C)(C)C)c2=O)cc1. The minimum Gasteiger partial charge on any atom is -0.497 e. The van der Waals surface area contributed by atoms with E-state index in [1.807, 2.05) is 0 Å². The van der Waals surface area contributed by atoms with E-state index in [2.05, 4.69) is 78.4 Å². The monoisotopic (exact) mass is 861 g/mol. The van der Waals surface area contributed by atoms with Crippen molar-refractivity contribution in [3.63, 3.8) is 0 Å². The predicted molar refractivity (Wildman–Crippen MR) is 234 cm³/mol. The van der Waals surface area contributed by atoms with Crippen molar-refractivity contribution >= 4 is 34.0 Å². The lowest BCUT2D eigenvalue weighted by Gasteiger charge is -2.52. The van der Waals surface area contributed by atoms with Gasteiger partial charge in [0.1, 0.15) is 29.7 Å². The van der Waals surface area contributed by atoms with Crippen LogP contribution >= 0.6 is 0 Å². The second-order valence-electron chi connectivity index (χ2n) is 20.1. The van der Waals surface area contributed by atoms with Crippen LogP contribution in [-0.2, 0) is 30.4 Å². The van der Waals surface area contributed by atoms with E-state index in [9.17, 15) is 29.1 Å². The fourth-order valence-corrected chi connectivity index (χ4v) is 16.3. The van der Waals surface area contributed by atoms with E-state index in [4.69, 9.17) is 25.1 Å². The zero-order valence-electron chi connectivity index (χ0n) is 37.7. The number of aliphatic hydroxyl groups excluding tert-OH is 1. The number of aromatic nitrogens is 2. The molecule has 0 bridgehead atoms. The first-order valence-electron chi connectivity index (χ1n) is 20.5. The van der Waals surface area contributed by atoms with Crippen LogP contribution in [0.3, 0.4) is 0 Å². The minimum atomic E-state index is -2.57. The molecule has 2 heterocycles. The van der Waals surface area contributed by atoms with Gasteiger partial charge in [0.2, 0.25) is 5.91 Å². The quantitative estimate of drug-likeness (QED) is 0.0833. The Hall–Kier alpha value is -3.62. The standard InChI is InChI=1S/C42H71N5O10Si2/c1-40(2,3)57-38(53)31(44-21-15-22-45-36(52)28(43)24-30(49)50)32(51)33-34(58(11,12)41(4,5)6)35(59(13,14)42(7,8)9)37(56-33)46-23-20-29(48)47(39(46)54)25-26-16-18-27(55-10)19-17-26/h16-20,23,28,31-35,37,44,51H,15,21-22,24-25,43H2,1-14H3,(H,45,52)(H,49,50)/t28-,31-,32+,33?,34+,35+,37+/m0/s1. The smallest absolute Gasteiger partial charge is 0.333 e. The van der Waals surface area contributed by atoms with Gasteiger partial charge >= 0.3 is 17.6 Å². The number of carboxylic acids is 1. The third-order valence-electron chi connectivity index (χ3n) is 12.8. The first-order chi connectivity index (χ1) is 27.0. The normalized spacial score (nSPS) is 20.7. The topological polar surface area (TPSA) is 213 Å². The number of hydrogen-bond acceptors (Lipinski definition) is 11. The van der Waals surface area contributed by atoms with Crippen LogP contribution in [0.4, 0.5) is 0 Å². The fourth-order valence-electron chi connectivity index (χ4n) is 7.56. The number of aliphatic carboxylic acids is 1. The number of aliphatic hydroxyl groups is 1. The molecule has 1 aromatic heterocycles. The summed E-state index contributed by atoms with van der Waals surface area (Å²) in [4.78, 5) is 65.5. The molecular weight excluding hydrogens is 791 g/mol. The summed E-state index contributed by atoms with van der Waals surface area (Å²) in [6.45, 7) is 27.9. The van der Waals surface area contributed by atoms with Gasteiger partial charge in [0.15, 0.2) is 0 Å². The van der Waals surface area contributed by atoms with E-state index in [1.54, 1.807) is 52.1 Å². The van der Waals surface area contributed by atoms with Crippen LogP contribution in [-0.4, -0.2) is 103 Å². The fraction of sp³-hybridized carbons (Fsp3) is 0.690. The number of hydrogen-bond donors (Lipinski definition) is 5. The van der Waals surface area contributed by atoms with Crippen LogP contribution in [0.2, 0.25) is 47.3 Å². The number of ether oxygens (including phenoxy) is 3. The Balaban J connectivity index is 2.19. The van der Waals surface area contributed by atoms with Crippen molar-refractivity contribution in [2.75, 3.05) is 20.2 Å². The summed E-state index contributed by atoms with van der Waals surface area (Å²) in [6, 6.07) is 6.05.